The molecule has 2 aromatic carbocycles. The number of hydrogen-bond donors (Lipinski definition) is 0. The summed E-state index contributed by atoms with van der Waals surface area (Å²) >= 11 is 7.05. The van der Waals surface area contributed by atoms with E-state index in [2.05, 4.69) is 50.8 Å². The van der Waals surface area contributed by atoms with Gasteiger partial charge in [-0.2, -0.15) is 9.78 Å². The van der Waals surface area contributed by atoms with E-state index in [-0.39, 0.29) is 17.6 Å². The Balaban J connectivity index is 2.11. The van der Waals surface area contributed by atoms with Crippen molar-refractivity contribution >= 4 is 49.0 Å². The van der Waals surface area contributed by atoms with Gasteiger partial charge in [-0.1, -0.05) is 36.7 Å². The van der Waals surface area contributed by atoms with Gasteiger partial charge in [0.15, 0.2) is 11.5 Å². The van der Waals surface area contributed by atoms with Gasteiger partial charge in [0.1, 0.15) is 5.82 Å². The van der Waals surface area contributed by atoms with Gasteiger partial charge in [0.2, 0.25) is 0 Å². The predicted molar refractivity (Wildman–Crippen MR) is 141 cm³/mol. The zero-order valence-electron chi connectivity index (χ0n) is 19.6. The van der Waals surface area contributed by atoms with Gasteiger partial charge in [0.05, 0.1) is 34.3 Å². The second kappa shape index (κ2) is 11.3. The number of aromatic nitrogens is 2. The van der Waals surface area contributed by atoms with Crippen LogP contribution in [0.3, 0.4) is 0 Å². The van der Waals surface area contributed by atoms with Crippen LogP contribution in [0, 0.1) is 0 Å². The monoisotopic (exact) mass is 577 g/mol. The van der Waals surface area contributed by atoms with E-state index >= 15 is 0 Å². The van der Waals surface area contributed by atoms with E-state index in [1.54, 1.807) is 12.3 Å². The maximum atomic E-state index is 13.3. The summed E-state index contributed by atoms with van der Waals surface area (Å²) in [7, 11) is 0. The number of hydrogen-bond acceptors (Lipinski definition) is 5. The molecule has 0 unspecified atom stereocenters. The Hall–Kier alpha value is -2.19. The Morgan fingerprint density at radius 3 is 2.55 bits per heavy atom. The quantitative estimate of drug-likeness (QED) is 0.259. The lowest BCUT2D eigenvalue weighted by Crippen LogP contribution is -2.23. The average molecular weight is 579 g/mol. The zero-order valence-corrected chi connectivity index (χ0v) is 22.7. The van der Waals surface area contributed by atoms with Crippen LogP contribution >= 0.6 is 31.9 Å². The van der Waals surface area contributed by atoms with E-state index in [0.29, 0.717) is 34.8 Å². The number of rotatable bonds is 9. The molecule has 0 aliphatic carbocycles. The molecule has 0 bridgehead atoms. The third kappa shape index (κ3) is 5.84. The lowest BCUT2D eigenvalue weighted by Gasteiger charge is -2.18. The van der Waals surface area contributed by atoms with Crippen LogP contribution in [0.25, 0.3) is 10.9 Å². The van der Waals surface area contributed by atoms with E-state index in [9.17, 15) is 4.79 Å². The van der Waals surface area contributed by atoms with Crippen LogP contribution in [-0.4, -0.2) is 28.6 Å². The SMILES string of the molecule is CCOc1cc(C=Nn2c([C@@H](C)CC)nc3ccc(Br)cc3c2=O)cc(Br)c1O[C@H](C)CC. The first-order valence-electron chi connectivity index (χ1n) is 11.2. The highest BCUT2D eigenvalue weighted by molar-refractivity contribution is 9.10. The molecule has 2 atom stereocenters. The number of benzene rings is 2. The normalized spacial score (nSPS) is 13.4. The fourth-order valence-electron chi connectivity index (χ4n) is 3.23. The highest BCUT2D eigenvalue weighted by atomic mass is 79.9. The van der Waals surface area contributed by atoms with Gasteiger partial charge in [-0.15, -0.1) is 0 Å². The van der Waals surface area contributed by atoms with Gasteiger partial charge in [0, 0.05) is 10.4 Å². The lowest BCUT2D eigenvalue weighted by molar-refractivity contribution is 0.202. The van der Waals surface area contributed by atoms with E-state index in [4.69, 9.17) is 14.5 Å². The first-order valence-corrected chi connectivity index (χ1v) is 12.8. The van der Waals surface area contributed by atoms with Crippen LogP contribution in [0.15, 0.2) is 49.2 Å². The Morgan fingerprint density at radius 1 is 1.12 bits per heavy atom. The minimum Gasteiger partial charge on any atom is -0.490 e. The van der Waals surface area contributed by atoms with E-state index < -0.39 is 0 Å². The van der Waals surface area contributed by atoms with Crippen molar-refractivity contribution < 1.29 is 9.47 Å². The van der Waals surface area contributed by atoms with Gasteiger partial charge in [-0.3, -0.25) is 4.79 Å². The molecule has 1 heterocycles. The molecule has 1 aromatic heterocycles. The summed E-state index contributed by atoms with van der Waals surface area (Å²) in [6.45, 7) is 10.6. The first kappa shape index (κ1) is 25.4. The van der Waals surface area contributed by atoms with Crippen molar-refractivity contribution in [3.8, 4) is 11.5 Å². The molecule has 0 aliphatic heterocycles. The second-order valence-electron chi connectivity index (χ2n) is 7.90. The van der Waals surface area contributed by atoms with Crippen molar-refractivity contribution in [3.05, 3.63) is 61.0 Å². The molecule has 0 N–H and O–H groups in total. The Bertz CT molecular complexity index is 1220. The van der Waals surface area contributed by atoms with Gasteiger partial charge in [-0.05, 0) is 78.5 Å². The summed E-state index contributed by atoms with van der Waals surface area (Å²) in [6, 6.07) is 9.29. The summed E-state index contributed by atoms with van der Waals surface area (Å²) in [6.07, 6.45) is 3.43. The van der Waals surface area contributed by atoms with Gasteiger partial charge in [0.25, 0.3) is 5.56 Å². The Morgan fingerprint density at radius 2 is 1.88 bits per heavy atom. The van der Waals surface area contributed by atoms with Crippen molar-refractivity contribution in [2.45, 2.75) is 59.5 Å². The number of fused-ring (bicyclic) bond motifs is 1. The standard InChI is InChI=1S/C25H29Br2N3O3/c1-6-15(4)24-29-21-10-9-18(26)13-19(21)25(31)30(24)28-14-17-11-20(27)23(33-16(5)7-2)22(12-17)32-8-3/h9-16H,6-8H2,1-5H3/t15-,16+/m0/s1. The van der Waals surface area contributed by atoms with Gasteiger partial charge in [-0.25, -0.2) is 4.98 Å². The second-order valence-corrected chi connectivity index (χ2v) is 9.67. The lowest BCUT2D eigenvalue weighted by atomic mass is 10.1. The highest BCUT2D eigenvalue weighted by Crippen LogP contribution is 2.37. The van der Waals surface area contributed by atoms with Crippen molar-refractivity contribution in [2.24, 2.45) is 5.10 Å². The van der Waals surface area contributed by atoms with Crippen molar-refractivity contribution in [3.63, 3.8) is 0 Å². The summed E-state index contributed by atoms with van der Waals surface area (Å²) in [5, 5.41) is 5.07. The third-order valence-electron chi connectivity index (χ3n) is 5.43. The third-order valence-corrected chi connectivity index (χ3v) is 6.52. The molecule has 0 aliphatic rings. The summed E-state index contributed by atoms with van der Waals surface area (Å²) in [5.74, 6) is 2.00. The molecule has 0 fully saturated rings. The molecule has 176 valence electrons. The maximum absolute atomic E-state index is 13.3. The summed E-state index contributed by atoms with van der Waals surface area (Å²) < 4.78 is 14.9. The molecule has 0 amide bonds. The first-order chi connectivity index (χ1) is 15.8. The average Bonchev–Trinajstić information content (AvgIpc) is 2.80. The van der Waals surface area contributed by atoms with Crippen LogP contribution < -0.4 is 15.0 Å². The number of nitrogens with zero attached hydrogens (tertiary/aromatic N) is 3. The Kier molecular flexibility index (Phi) is 8.70. The zero-order chi connectivity index (χ0) is 24.1. The highest BCUT2D eigenvalue weighted by Gasteiger charge is 2.17. The Labute approximate surface area is 211 Å². The smallest absolute Gasteiger partial charge is 0.282 e. The van der Waals surface area contributed by atoms with E-state index in [1.165, 1.54) is 4.68 Å². The largest absolute Gasteiger partial charge is 0.490 e. The molecule has 0 spiro atoms. The van der Waals surface area contributed by atoms with E-state index in [1.807, 2.05) is 45.0 Å². The summed E-state index contributed by atoms with van der Waals surface area (Å²) in [4.78, 5) is 18.1. The molecular weight excluding hydrogens is 550 g/mol. The minimum absolute atomic E-state index is 0.0553. The molecule has 3 rings (SSSR count). The van der Waals surface area contributed by atoms with Crippen molar-refractivity contribution in [2.75, 3.05) is 6.61 Å². The fourth-order valence-corrected chi connectivity index (χ4v) is 4.14. The molecule has 33 heavy (non-hydrogen) atoms. The van der Waals surface area contributed by atoms with Gasteiger partial charge >= 0.3 is 0 Å². The number of ether oxygens (including phenoxy) is 2. The van der Waals surface area contributed by atoms with Crippen LogP contribution in [-0.2, 0) is 0 Å². The molecule has 0 radical (unpaired) electrons. The predicted octanol–water partition coefficient (Wildman–Crippen LogP) is 6.89. The molecule has 6 nitrogen and oxygen atoms in total. The topological polar surface area (TPSA) is 65.7 Å². The van der Waals surface area contributed by atoms with E-state index in [0.717, 1.165) is 27.4 Å². The maximum Gasteiger partial charge on any atom is 0.282 e. The molecular formula is C25H29Br2N3O3. The molecule has 0 saturated heterocycles. The molecule has 3 aromatic rings. The summed E-state index contributed by atoms with van der Waals surface area (Å²) in [5.41, 5.74) is 1.24. The molecule has 0 saturated carbocycles. The van der Waals surface area contributed by atoms with Gasteiger partial charge < -0.3 is 9.47 Å². The minimum atomic E-state index is -0.200. The number of halogens is 2. The molecule has 8 heteroatoms. The van der Waals surface area contributed by atoms with Crippen LogP contribution in [0.4, 0.5) is 0 Å². The van der Waals surface area contributed by atoms with Crippen molar-refractivity contribution in [1.82, 2.24) is 9.66 Å². The van der Waals surface area contributed by atoms with Crippen molar-refractivity contribution in [1.29, 1.82) is 0 Å². The van der Waals surface area contributed by atoms with Crippen LogP contribution in [0.5, 0.6) is 11.5 Å². The van der Waals surface area contributed by atoms with Crippen LogP contribution in [0.1, 0.15) is 64.8 Å². The van der Waals surface area contributed by atoms with Crippen LogP contribution in [0.2, 0.25) is 0 Å². The fraction of sp³-hybridized carbons (Fsp3) is 0.400.